The number of nitriles is 1. The zero-order valence-electron chi connectivity index (χ0n) is 24.0. The first-order chi connectivity index (χ1) is 20.7. The maximum Gasteiger partial charge on any atom is 0.451 e. The Balaban J connectivity index is 1.09. The molecule has 5 heterocycles. The summed E-state index contributed by atoms with van der Waals surface area (Å²) >= 11 is 0. The molecule has 4 aromatic rings. The number of hydrogen-bond donors (Lipinski definition) is 1. The highest BCUT2D eigenvalue weighted by Crippen LogP contribution is 2.39. The minimum atomic E-state index is -4.65. The van der Waals surface area contributed by atoms with E-state index in [1.807, 2.05) is 42.0 Å². The van der Waals surface area contributed by atoms with Gasteiger partial charge in [0.25, 0.3) is 0 Å². The second-order valence-corrected chi connectivity index (χ2v) is 11.5. The normalized spacial score (nSPS) is 20.7. The Kier molecular flexibility index (Phi) is 7.78. The third kappa shape index (κ3) is 5.92. The predicted octanol–water partition coefficient (Wildman–Crippen LogP) is 4.40. The highest BCUT2D eigenvalue weighted by Gasteiger charge is 2.48. The molecule has 14 heteroatoms. The zero-order valence-corrected chi connectivity index (χ0v) is 24.0. The number of aromatic nitrogens is 7. The Morgan fingerprint density at radius 2 is 1.98 bits per heavy atom. The van der Waals surface area contributed by atoms with Gasteiger partial charge in [0, 0.05) is 55.1 Å². The molecule has 11 nitrogen and oxygen atoms in total. The summed E-state index contributed by atoms with van der Waals surface area (Å²) in [7, 11) is 1.82. The van der Waals surface area contributed by atoms with Crippen molar-refractivity contribution in [1.29, 1.82) is 5.26 Å². The maximum atomic E-state index is 13.5. The first-order valence-corrected chi connectivity index (χ1v) is 14.4. The van der Waals surface area contributed by atoms with E-state index in [1.165, 1.54) is 12.4 Å². The van der Waals surface area contributed by atoms with E-state index in [9.17, 15) is 18.4 Å². The average Bonchev–Trinajstić information content (AvgIpc) is 3.65. The van der Waals surface area contributed by atoms with E-state index in [0.717, 1.165) is 35.1 Å². The standard InChI is InChI=1S/C29H33F3N10O/c1-3-40(2)15-20-12-24(39-27(38-20)29(30,31)32)43-22-6-4-21(5-7-22)41-16-28(17-41,9-10-33)42-14-19(13-37-42)25-23-8-11-34-26(23)36-18-35-25/h8,11-14,18,21-22H,3-7,9,15-17H2,1-2H3,(H,34,35,36). The Labute approximate surface area is 246 Å². The monoisotopic (exact) mass is 594 g/mol. The van der Waals surface area contributed by atoms with E-state index in [2.05, 4.69) is 41.0 Å². The number of likely N-dealkylation sites (tertiary alicyclic amines) is 1. The summed E-state index contributed by atoms with van der Waals surface area (Å²) < 4.78 is 48.3. The topological polar surface area (TPSA) is 125 Å². The molecule has 0 unspecified atom stereocenters. The largest absolute Gasteiger partial charge is 0.474 e. The number of nitrogens with one attached hydrogen (secondary N) is 1. The summed E-state index contributed by atoms with van der Waals surface area (Å²) in [6.45, 7) is 4.26. The molecule has 1 aliphatic carbocycles. The number of nitrogens with zero attached hydrogens (tertiary/aromatic N) is 9. The van der Waals surface area contributed by atoms with Crippen LogP contribution in [0.5, 0.6) is 5.88 Å². The molecular formula is C29H33F3N10O. The Bertz CT molecular complexity index is 1610. The molecule has 0 aromatic carbocycles. The van der Waals surface area contributed by atoms with Crippen LogP contribution in [0.3, 0.4) is 0 Å². The van der Waals surface area contributed by atoms with Crippen LogP contribution in [0.25, 0.3) is 22.3 Å². The first kappa shape index (κ1) is 29.0. The van der Waals surface area contributed by atoms with E-state index < -0.39 is 17.5 Å². The van der Waals surface area contributed by atoms with E-state index in [-0.39, 0.29) is 24.2 Å². The molecule has 1 N–H and O–H groups in total. The molecular weight excluding hydrogens is 561 g/mol. The van der Waals surface area contributed by atoms with Crippen molar-refractivity contribution in [1.82, 2.24) is 44.5 Å². The molecule has 0 amide bonds. The van der Waals surface area contributed by atoms with Crippen molar-refractivity contribution in [2.45, 2.75) is 69.4 Å². The summed E-state index contributed by atoms with van der Waals surface area (Å²) in [6, 6.07) is 6.09. The molecule has 6 rings (SSSR count). The number of fused-ring (bicyclic) bond motifs is 1. The fourth-order valence-corrected chi connectivity index (χ4v) is 6.09. The second-order valence-electron chi connectivity index (χ2n) is 11.5. The molecule has 43 heavy (non-hydrogen) atoms. The van der Waals surface area contributed by atoms with Crippen molar-refractivity contribution in [3.05, 3.63) is 48.6 Å². The van der Waals surface area contributed by atoms with Gasteiger partial charge in [0.05, 0.1) is 30.1 Å². The van der Waals surface area contributed by atoms with Gasteiger partial charge in [-0.3, -0.25) is 9.58 Å². The SMILES string of the molecule is CCN(C)Cc1cc(OC2CCC(N3CC(CC#N)(n4cc(-c5ncnc6[nH]ccc56)cn4)C3)CC2)nc(C(F)(F)F)n1. The number of aromatic amines is 1. The van der Waals surface area contributed by atoms with Gasteiger partial charge in [-0.15, -0.1) is 0 Å². The van der Waals surface area contributed by atoms with Crippen LogP contribution in [0.4, 0.5) is 13.2 Å². The summed E-state index contributed by atoms with van der Waals surface area (Å²) in [5.41, 5.74) is 2.26. The van der Waals surface area contributed by atoms with Crippen molar-refractivity contribution in [3.63, 3.8) is 0 Å². The van der Waals surface area contributed by atoms with Gasteiger partial charge in [0.1, 0.15) is 23.6 Å². The van der Waals surface area contributed by atoms with E-state index >= 15 is 0 Å². The smallest absolute Gasteiger partial charge is 0.451 e. The fraction of sp³-hybridized carbons (Fsp3) is 0.517. The van der Waals surface area contributed by atoms with Crippen LogP contribution < -0.4 is 4.74 Å². The molecule has 0 atom stereocenters. The molecule has 0 radical (unpaired) electrons. The molecule has 226 valence electrons. The van der Waals surface area contributed by atoms with Gasteiger partial charge in [0.15, 0.2) is 0 Å². The van der Waals surface area contributed by atoms with E-state index in [1.54, 1.807) is 6.20 Å². The highest BCUT2D eigenvalue weighted by molar-refractivity contribution is 5.90. The molecule has 0 bridgehead atoms. The van der Waals surface area contributed by atoms with Crippen LogP contribution in [-0.4, -0.2) is 83.3 Å². The Hall–Kier alpha value is -4.09. The van der Waals surface area contributed by atoms with Crippen LogP contribution in [0, 0.1) is 11.3 Å². The van der Waals surface area contributed by atoms with Gasteiger partial charge in [-0.2, -0.15) is 28.5 Å². The summed E-state index contributed by atoms with van der Waals surface area (Å²) in [6.07, 6.45) is 5.62. The van der Waals surface area contributed by atoms with Crippen LogP contribution in [0.15, 0.2) is 37.1 Å². The summed E-state index contributed by atoms with van der Waals surface area (Å²) in [5, 5.41) is 15.2. The molecule has 1 saturated carbocycles. The average molecular weight is 595 g/mol. The van der Waals surface area contributed by atoms with Crippen molar-refractivity contribution in [2.24, 2.45) is 0 Å². The third-order valence-electron chi connectivity index (χ3n) is 8.53. The van der Waals surface area contributed by atoms with Gasteiger partial charge in [-0.25, -0.2) is 15.0 Å². The quantitative estimate of drug-likeness (QED) is 0.300. The van der Waals surface area contributed by atoms with Crippen molar-refractivity contribution in [2.75, 3.05) is 26.7 Å². The lowest BCUT2D eigenvalue weighted by Gasteiger charge is -2.53. The van der Waals surface area contributed by atoms with Gasteiger partial charge >= 0.3 is 6.18 Å². The fourth-order valence-electron chi connectivity index (χ4n) is 6.09. The number of rotatable bonds is 9. The van der Waals surface area contributed by atoms with Crippen molar-refractivity contribution in [3.8, 4) is 23.2 Å². The summed E-state index contributed by atoms with van der Waals surface area (Å²) in [4.78, 5) is 23.5. The van der Waals surface area contributed by atoms with Crippen LogP contribution >= 0.6 is 0 Å². The van der Waals surface area contributed by atoms with Crippen LogP contribution in [0.2, 0.25) is 0 Å². The minimum absolute atomic E-state index is 0.0302. The molecule has 2 fully saturated rings. The van der Waals surface area contributed by atoms with Crippen LogP contribution in [-0.2, 0) is 18.3 Å². The van der Waals surface area contributed by atoms with Gasteiger partial charge in [-0.1, -0.05) is 6.92 Å². The zero-order chi connectivity index (χ0) is 30.2. The lowest BCUT2D eigenvalue weighted by atomic mass is 9.82. The number of halogens is 3. The minimum Gasteiger partial charge on any atom is -0.474 e. The predicted molar refractivity (Wildman–Crippen MR) is 151 cm³/mol. The van der Waals surface area contributed by atoms with Crippen molar-refractivity contribution < 1.29 is 17.9 Å². The highest BCUT2D eigenvalue weighted by atomic mass is 19.4. The van der Waals surface area contributed by atoms with Crippen LogP contribution in [0.1, 0.15) is 50.5 Å². The third-order valence-corrected chi connectivity index (χ3v) is 8.53. The number of ether oxygens (including phenoxy) is 1. The maximum absolute atomic E-state index is 13.5. The lowest BCUT2D eigenvalue weighted by molar-refractivity contribution is -0.145. The Morgan fingerprint density at radius 3 is 2.70 bits per heavy atom. The number of hydrogen-bond acceptors (Lipinski definition) is 9. The second kappa shape index (κ2) is 11.5. The number of alkyl halides is 3. The van der Waals surface area contributed by atoms with Crippen molar-refractivity contribution >= 4 is 11.0 Å². The Morgan fingerprint density at radius 1 is 1.19 bits per heavy atom. The molecule has 4 aromatic heterocycles. The van der Waals surface area contributed by atoms with Gasteiger partial charge in [-0.05, 0) is 45.3 Å². The van der Waals surface area contributed by atoms with Gasteiger partial charge < -0.3 is 14.6 Å². The number of H-pyrrole nitrogens is 1. The van der Waals surface area contributed by atoms with E-state index in [0.29, 0.717) is 44.9 Å². The molecule has 1 aliphatic heterocycles. The molecule has 1 saturated heterocycles. The summed E-state index contributed by atoms with van der Waals surface area (Å²) in [5.74, 6) is -1.20. The molecule has 0 spiro atoms. The van der Waals surface area contributed by atoms with Gasteiger partial charge in [0.2, 0.25) is 11.7 Å². The van der Waals surface area contributed by atoms with E-state index in [4.69, 9.17) is 4.74 Å². The lowest BCUT2D eigenvalue weighted by Crippen LogP contribution is -2.65. The first-order valence-electron chi connectivity index (χ1n) is 14.4. The molecule has 2 aliphatic rings.